The minimum absolute atomic E-state index is 0.204. The van der Waals surface area contributed by atoms with Gasteiger partial charge in [-0.1, -0.05) is 37.0 Å². The Bertz CT molecular complexity index is 251. The fourth-order valence-electron chi connectivity index (χ4n) is 3.26. The average molecular weight is 227 g/mol. The standard InChI is InChI=1S/C11H21NO2Si/c1-14-10(13)11(12)4-8-15(9-5-11)6-2-3-7-15/h2-9,12H2,1H3. The van der Waals surface area contributed by atoms with Crippen molar-refractivity contribution < 1.29 is 9.53 Å². The van der Waals surface area contributed by atoms with Crippen LogP contribution in [0.15, 0.2) is 0 Å². The summed E-state index contributed by atoms with van der Waals surface area (Å²) in [6, 6.07) is 5.45. The van der Waals surface area contributed by atoms with Crippen molar-refractivity contribution in [2.24, 2.45) is 5.73 Å². The third-order valence-electron chi connectivity index (χ3n) is 4.46. The SMILES string of the molecule is COC(=O)C1(N)CC[Si]2(CCCC2)CC1. The van der Waals surface area contributed by atoms with Crippen molar-refractivity contribution in [2.75, 3.05) is 7.11 Å². The van der Waals surface area contributed by atoms with Crippen LogP contribution < -0.4 is 5.73 Å². The van der Waals surface area contributed by atoms with Gasteiger partial charge in [0, 0.05) is 0 Å². The molecule has 2 N–H and O–H groups in total. The normalized spacial score (nSPS) is 27.9. The first kappa shape index (κ1) is 11.1. The molecule has 0 aromatic heterocycles. The molecule has 0 aromatic rings. The molecule has 0 atom stereocenters. The molecule has 2 saturated heterocycles. The van der Waals surface area contributed by atoms with E-state index in [1.807, 2.05) is 0 Å². The summed E-state index contributed by atoms with van der Waals surface area (Å²) in [5.74, 6) is -0.204. The number of ether oxygens (including phenoxy) is 1. The summed E-state index contributed by atoms with van der Waals surface area (Å²) >= 11 is 0. The Morgan fingerprint density at radius 3 is 2.20 bits per heavy atom. The average Bonchev–Trinajstić information content (AvgIpc) is 2.71. The Hall–Kier alpha value is -0.353. The molecule has 2 aliphatic heterocycles. The maximum Gasteiger partial charge on any atom is 0.325 e. The van der Waals surface area contributed by atoms with Gasteiger partial charge in [-0.25, -0.2) is 0 Å². The van der Waals surface area contributed by atoms with E-state index in [-0.39, 0.29) is 5.97 Å². The molecule has 0 radical (unpaired) electrons. The van der Waals surface area contributed by atoms with Crippen LogP contribution in [0.1, 0.15) is 25.7 Å². The molecule has 15 heavy (non-hydrogen) atoms. The Morgan fingerprint density at radius 1 is 1.20 bits per heavy atom. The zero-order chi connectivity index (χ0) is 10.9. The highest BCUT2D eigenvalue weighted by Crippen LogP contribution is 2.44. The third kappa shape index (κ3) is 1.97. The highest BCUT2D eigenvalue weighted by atomic mass is 28.3. The molecule has 3 nitrogen and oxygen atoms in total. The first-order chi connectivity index (χ1) is 7.10. The maximum absolute atomic E-state index is 11.6. The van der Waals surface area contributed by atoms with E-state index in [1.165, 1.54) is 44.1 Å². The van der Waals surface area contributed by atoms with Crippen LogP contribution >= 0.6 is 0 Å². The highest BCUT2D eigenvalue weighted by molar-refractivity contribution is 6.80. The van der Waals surface area contributed by atoms with Crippen LogP contribution in [0.5, 0.6) is 0 Å². The molecule has 0 unspecified atom stereocenters. The second kappa shape index (κ2) is 3.90. The lowest BCUT2D eigenvalue weighted by Gasteiger charge is -2.39. The Morgan fingerprint density at radius 2 is 1.73 bits per heavy atom. The lowest BCUT2D eigenvalue weighted by molar-refractivity contribution is -0.147. The lowest BCUT2D eigenvalue weighted by Crippen LogP contribution is -2.54. The molecule has 1 spiro atoms. The molecule has 0 aromatic carbocycles. The Balaban J connectivity index is 1.99. The van der Waals surface area contributed by atoms with Gasteiger partial charge in [-0.2, -0.15) is 0 Å². The third-order valence-corrected chi connectivity index (χ3v) is 9.91. The number of hydrogen-bond acceptors (Lipinski definition) is 3. The summed E-state index contributed by atoms with van der Waals surface area (Å²) in [5, 5.41) is 0. The predicted molar refractivity (Wildman–Crippen MR) is 62.4 cm³/mol. The van der Waals surface area contributed by atoms with Gasteiger partial charge in [-0.05, 0) is 12.8 Å². The number of esters is 1. The van der Waals surface area contributed by atoms with Gasteiger partial charge >= 0.3 is 5.97 Å². The molecular weight excluding hydrogens is 206 g/mol. The number of nitrogens with two attached hydrogens (primary N) is 1. The Kier molecular flexibility index (Phi) is 2.90. The molecule has 0 saturated carbocycles. The van der Waals surface area contributed by atoms with Crippen LogP contribution in [-0.4, -0.2) is 26.7 Å². The number of rotatable bonds is 1. The van der Waals surface area contributed by atoms with Crippen molar-refractivity contribution in [3.05, 3.63) is 0 Å². The molecule has 0 bridgehead atoms. The van der Waals surface area contributed by atoms with Crippen LogP contribution in [0, 0.1) is 0 Å². The summed E-state index contributed by atoms with van der Waals surface area (Å²) in [6.07, 6.45) is 4.57. The summed E-state index contributed by atoms with van der Waals surface area (Å²) in [5.41, 5.74) is 5.45. The topological polar surface area (TPSA) is 52.3 Å². The van der Waals surface area contributed by atoms with Crippen LogP contribution in [0.3, 0.4) is 0 Å². The van der Waals surface area contributed by atoms with E-state index in [0.29, 0.717) is 0 Å². The summed E-state index contributed by atoms with van der Waals surface area (Å²) in [6.45, 7) is 0. The second-order valence-electron chi connectivity index (χ2n) is 5.35. The maximum atomic E-state index is 11.6. The summed E-state index contributed by atoms with van der Waals surface area (Å²) < 4.78 is 4.80. The van der Waals surface area contributed by atoms with Crippen LogP contribution in [-0.2, 0) is 9.53 Å². The molecule has 0 aliphatic carbocycles. The highest BCUT2D eigenvalue weighted by Gasteiger charge is 2.47. The van der Waals surface area contributed by atoms with E-state index in [9.17, 15) is 4.79 Å². The number of hydrogen-bond donors (Lipinski definition) is 1. The van der Waals surface area contributed by atoms with Crippen molar-refractivity contribution in [3.8, 4) is 0 Å². The first-order valence-electron chi connectivity index (χ1n) is 5.98. The molecule has 2 rings (SSSR count). The van der Waals surface area contributed by atoms with Crippen molar-refractivity contribution in [3.63, 3.8) is 0 Å². The van der Waals surface area contributed by atoms with Crippen molar-refractivity contribution in [2.45, 2.75) is 55.4 Å². The summed E-state index contributed by atoms with van der Waals surface area (Å²) in [7, 11) is 0.484. The van der Waals surface area contributed by atoms with E-state index in [4.69, 9.17) is 10.5 Å². The molecular formula is C11H21NO2Si. The molecule has 4 heteroatoms. The van der Waals surface area contributed by atoms with Crippen molar-refractivity contribution in [1.29, 1.82) is 0 Å². The smallest absolute Gasteiger partial charge is 0.325 e. The molecule has 2 heterocycles. The van der Waals surface area contributed by atoms with Gasteiger partial charge in [0.1, 0.15) is 5.54 Å². The van der Waals surface area contributed by atoms with Gasteiger partial charge in [0.05, 0.1) is 15.2 Å². The van der Waals surface area contributed by atoms with E-state index >= 15 is 0 Å². The number of carbonyl (C=O) groups is 1. The second-order valence-corrected chi connectivity index (χ2v) is 10.4. The van der Waals surface area contributed by atoms with Gasteiger partial charge in [0.25, 0.3) is 0 Å². The van der Waals surface area contributed by atoms with Gasteiger partial charge in [0.2, 0.25) is 0 Å². The summed E-state index contributed by atoms with van der Waals surface area (Å²) in [4.78, 5) is 11.6. The van der Waals surface area contributed by atoms with E-state index < -0.39 is 13.6 Å². The van der Waals surface area contributed by atoms with Crippen molar-refractivity contribution >= 4 is 14.0 Å². The van der Waals surface area contributed by atoms with Crippen molar-refractivity contribution in [1.82, 2.24) is 0 Å². The van der Waals surface area contributed by atoms with Gasteiger partial charge in [0.15, 0.2) is 0 Å². The largest absolute Gasteiger partial charge is 0.468 e. The van der Waals surface area contributed by atoms with E-state index in [2.05, 4.69) is 0 Å². The number of methoxy groups -OCH3 is 1. The quantitative estimate of drug-likeness (QED) is 0.550. The zero-order valence-corrected chi connectivity index (χ0v) is 10.6. The molecule has 2 fully saturated rings. The predicted octanol–water partition coefficient (Wildman–Crippen LogP) is 1.89. The van der Waals surface area contributed by atoms with E-state index in [0.717, 1.165) is 12.8 Å². The fraction of sp³-hybridized carbons (Fsp3) is 0.909. The Labute approximate surface area is 92.4 Å². The lowest BCUT2D eigenvalue weighted by atomic mass is 9.94. The first-order valence-corrected chi connectivity index (χ1v) is 8.80. The van der Waals surface area contributed by atoms with Crippen LogP contribution in [0.2, 0.25) is 24.2 Å². The molecule has 0 amide bonds. The zero-order valence-electron chi connectivity index (χ0n) is 9.55. The molecule has 86 valence electrons. The number of carbonyl (C=O) groups excluding carboxylic acids is 1. The van der Waals surface area contributed by atoms with Gasteiger partial charge in [-0.3, -0.25) is 4.79 Å². The van der Waals surface area contributed by atoms with E-state index in [1.54, 1.807) is 0 Å². The van der Waals surface area contributed by atoms with Gasteiger partial charge in [-0.15, -0.1) is 0 Å². The minimum Gasteiger partial charge on any atom is -0.468 e. The molecule has 2 aliphatic rings. The van der Waals surface area contributed by atoms with Crippen LogP contribution in [0.4, 0.5) is 0 Å². The van der Waals surface area contributed by atoms with Crippen LogP contribution in [0.25, 0.3) is 0 Å². The van der Waals surface area contributed by atoms with Gasteiger partial charge < -0.3 is 10.5 Å². The minimum atomic E-state index is -0.955. The fourth-order valence-corrected chi connectivity index (χ4v) is 8.71. The monoisotopic (exact) mass is 227 g/mol.